The molecule has 0 aromatic heterocycles. The Morgan fingerprint density at radius 3 is 2.43 bits per heavy atom. The van der Waals surface area contributed by atoms with Crippen LogP contribution < -0.4 is 5.73 Å². The van der Waals surface area contributed by atoms with Gasteiger partial charge in [0.05, 0.1) is 16.9 Å². The smallest absolute Gasteiger partial charge is 0.389 e. The first-order chi connectivity index (χ1) is 9.47. The van der Waals surface area contributed by atoms with Crippen LogP contribution in [0.1, 0.15) is 12.0 Å². The van der Waals surface area contributed by atoms with Gasteiger partial charge in [-0.05, 0) is 12.1 Å². The number of thiocarbonyl (C=S) groups is 1. The Morgan fingerprint density at radius 1 is 1.38 bits per heavy atom. The Morgan fingerprint density at radius 2 is 1.95 bits per heavy atom. The molecule has 4 nitrogen and oxygen atoms in total. The highest BCUT2D eigenvalue weighted by atomic mass is 32.2. The van der Waals surface area contributed by atoms with Crippen molar-refractivity contribution >= 4 is 27.2 Å². The van der Waals surface area contributed by atoms with Gasteiger partial charge in [-0.25, -0.2) is 17.1 Å². The summed E-state index contributed by atoms with van der Waals surface area (Å²) in [7, 11) is -3.37. The van der Waals surface area contributed by atoms with Crippen LogP contribution in [0.15, 0.2) is 23.1 Å². The van der Waals surface area contributed by atoms with Crippen LogP contribution >= 0.6 is 12.2 Å². The molecule has 0 saturated heterocycles. The van der Waals surface area contributed by atoms with Gasteiger partial charge in [-0.2, -0.15) is 13.2 Å². The Balaban J connectivity index is 3.20. The summed E-state index contributed by atoms with van der Waals surface area (Å²) < 4.78 is 75.0. The Kier molecular flexibility index (Phi) is 5.29. The Labute approximate surface area is 124 Å². The van der Waals surface area contributed by atoms with Gasteiger partial charge in [0.15, 0.2) is 0 Å². The number of benzene rings is 1. The fourth-order valence-electron chi connectivity index (χ4n) is 1.53. The molecule has 0 aliphatic carbocycles. The van der Waals surface area contributed by atoms with E-state index < -0.39 is 50.4 Å². The number of nitrogens with two attached hydrogens (primary N) is 1. The minimum Gasteiger partial charge on any atom is -0.389 e. The first kappa shape index (κ1) is 17.8. The summed E-state index contributed by atoms with van der Waals surface area (Å²) in [6.45, 7) is -0.793. The van der Waals surface area contributed by atoms with E-state index in [9.17, 15) is 26.0 Å². The van der Waals surface area contributed by atoms with Crippen molar-refractivity contribution in [3.05, 3.63) is 29.6 Å². The summed E-state index contributed by atoms with van der Waals surface area (Å²) in [5.74, 6) is -0.951. The highest BCUT2D eigenvalue weighted by molar-refractivity contribution is 7.89. The van der Waals surface area contributed by atoms with Crippen molar-refractivity contribution in [1.82, 2.24) is 4.31 Å². The van der Waals surface area contributed by atoms with E-state index in [1.807, 2.05) is 0 Å². The third kappa shape index (κ3) is 4.35. The molecule has 0 spiro atoms. The molecular formula is C11H12F4N2O2S2. The van der Waals surface area contributed by atoms with E-state index in [0.29, 0.717) is 4.31 Å². The molecule has 118 valence electrons. The highest BCUT2D eigenvalue weighted by Crippen LogP contribution is 2.24. The minimum absolute atomic E-state index is 0.483. The van der Waals surface area contributed by atoms with Crippen LogP contribution in [0.25, 0.3) is 0 Å². The molecular weight excluding hydrogens is 332 g/mol. The molecule has 0 saturated carbocycles. The molecule has 0 fully saturated rings. The van der Waals surface area contributed by atoms with Crippen molar-refractivity contribution in [1.29, 1.82) is 0 Å². The normalized spacial score (nSPS) is 12.7. The van der Waals surface area contributed by atoms with E-state index in [1.54, 1.807) is 0 Å². The third-order valence-electron chi connectivity index (χ3n) is 2.62. The average molecular weight is 344 g/mol. The van der Waals surface area contributed by atoms with E-state index in [-0.39, 0.29) is 0 Å². The largest absolute Gasteiger partial charge is 0.390 e. The quantitative estimate of drug-likeness (QED) is 0.656. The fourth-order valence-corrected chi connectivity index (χ4v) is 3.19. The molecule has 1 aromatic carbocycles. The molecule has 0 amide bonds. The van der Waals surface area contributed by atoms with E-state index >= 15 is 0 Å². The van der Waals surface area contributed by atoms with Gasteiger partial charge in [0.2, 0.25) is 10.0 Å². The second-order valence-electron chi connectivity index (χ2n) is 4.17. The molecule has 0 bridgehead atoms. The van der Waals surface area contributed by atoms with Crippen molar-refractivity contribution in [3.8, 4) is 0 Å². The summed E-state index contributed by atoms with van der Waals surface area (Å²) in [6.07, 6.45) is -5.82. The maximum absolute atomic E-state index is 13.6. The predicted octanol–water partition coefficient (Wildman–Crippen LogP) is 2.03. The monoisotopic (exact) mass is 344 g/mol. The van der Waals surface area contributed by atoms with Crippen LogP contribution in [-0.4, -0.2) is 37.5 Å². The zero-order valence-corrected chi connectivity index (χ0v) is 12.4. The highest BCUT2D eigenvalue weighted by Gasteiger charge is 2.32. The fraction of sp³-hybridized carbons (Fsp3) is 0.364. The van der Waals surface area contributed by atoms with Crippen molar-refractivity contribution < 1.29 is 26.0 Å². The lowest BCUT2D eigenvalue weighted by molar-refractivity contribution is -0.135. The number of rotatable bonds is 5. The van der Waals surface area contributed by atoms with E-state index in [0.717, 1.165) is 25.2 Å². The van der Waals surface area contributed by atoms with Gasteiger partial charge in [0, 0.05) is 13.6 Å². The SMILES string of the molecule is CN(CCC(F)(F)F)S(=O)(=O)c1cccc(F)c1C(N)=S. The lowest BCUT2D eigenvalue weighted by atomic mass is 10.2. The average Bonchev–Trinajstić information content (AvgIpc) is 2.34. The van der Waals surface area contributed by atoms with Gasteiger partial charge in [-0.15, -0.1) is 0 Å². The van der Waals surface area contributed by atoms with Crippen LogP contribution in [0.2, 0.25) is 0 Å². The third-order valence-corrected chi connectivity index (χ3v) is 4.72. The lowest BCUT2D eigenvalue weighted by Gasteiger charge is -2.19. The van der Waals surface area contributed by atoms with Crippen molar-refractivity contribution in [2.45, 2.75) is 17.5 Å². The van der Waals surface area contributed by atoms with Crippen LogP contribution in [0.5, 0.6) is 0 Å². The summed E-state index contributed by atoms with van der Waals surface area (Å²) in [4.78, 5) is -1.05. The van der Waals surface area contributed by atoms with Gasteiger partial charge in [0.25, 0.3) is 0 Å². The van der Waals surface area contributed by atoms with E-state index in [4.69, 9.17) is 5.73 Å². The van der Waals surface area contributed by atoms with Crippen molar-refractivity contribution in [2.24, 2.45) is 5.73 Å². The first-order valence-electron chi connectivity index (χ1n) is 5.58. The number of hydrogen-bond acceptors (Lipinski definition) is 3. The van der Waals surface area contributed by atoms with E-state index in [2.05, 4.69) is 12.2 Å². The molecule has 0 radical (unpaired) electrons. The van der Waals surface area contributed by atoms with Gasteiger partial charge < -0.3 is 5.73 Å². The summed E-state index contributed by atoms with van der Waals surface area (Å²) in [5, 5.41) is 0. The molecule has 1 rings (SSSR count). The molecule has 10 heteroatoms. The standard InChI is InChI=1S/C11H12F4N2O2S2/c1-17(6-5-11(13,14)15)21(18,19)8-4-2-3-7(12)9(8)10(16)20/h2-4H,5-6H2,1H3,(H2,16,20). The molecule has 0 aliphatic rings. The number of alkyl halides is 3. The number of halogens is 4. The maximum atomic E-state index is 13.6. The maximum Gasteiger partial charge on any atom is 0.390 e. The van der Waals surface area contributed by atoms with Gasteiger partial charge >= 0.3 is 6.18 Å². The van der Waals surface area contributed by atoms with Crippen LogP contribution in [0.3, 0.4) is 0 Å². The molecule has 21 heavy (non-hydrogen) atoms. The zero-order chi connectivity index (χ0) is 16.4. The summed E-state index contributed by atoms with van der Waals surface area (Å²) >= 11 is 4.59. The van der Waals surface area contributed by atoms with Crippen molar-refractivity contribution in [2.75, 3.05) is 13.6 Å². The predicted molar refractivity (Wildman–Crippen MR) is 72.8 cm³/mol. The second-order valence-corrected chi connectivity index (χ2v) is 6.62. The van der Waals surface area contributed by atoms with Crippen LogP contribution in [0.4, 0.5) is 17.6 Å². The van der Waals surface area contributed by atoms with Gasteiger partial charge in [-0.1, -0.05) is 18.3 Å². The van der Waals surface area contributed by atoms with Crippen molar-refractivity contribution in [3.63, 3.8) is 0 Å². The Bertz CT molecular complexity index is 644. The molecule has 1 aromatic rings. The number of nitrogens with zero attached hydrogens (tertiary/aromatic N) is 1. The first-order valence-corrected chi connectivity index (χ1v) is 7.43. The number of hydrogen-bond donors (Lipinski definition) is 1. The Hall–Kier alpha value is -1.26. The molecule has 2 N–H and O–H groups in total. The minimum atomic E-state index is -4.50. The van der Waals surface area contributed by atoms with Crippen LogP contribution in [-0.2, 0) is 10.0 Å². The lowest BCUT2D eigenvalue weighted by Crippen LogP contribution is -2.32. The topological polar surface area (TPSA) is 63.4 Å². The number of sulfonamides is 1. The molecule has 0 unspecified atom stereocenters. The molecule has 0 heterocycles. The zero-order valence-electron chi connectivity index (χ0n) is 10.8. The van der Waals surface area contributed by atoms with Gasteiger partial charge in [0.1, 0.15) is 10.8 Å². The molecule has 0 aliphatic heterocycles. The second kappa shape index (κ2) is 6.24. The van der Waals surface area contributed by atoms with Crippen LogP contribution in [0, 0.1) is 5.82 Å². The molecule has 0 atom stereocenters. The van der Waals surface area contributed by atoms with E-state index in [1.165, 1.54) is 0 Å². The van der Waals surface area contributed by atoms with Gasteiger partial charge in [-0.3, -0.25) is 0 Å². The summed E-state index contributed by atoms with van der Waals surface area (Å²) in [6, 6.07) is 3.11. The summed E-state index contributed by atoms with van der Waals surface area (Å²) in [5.41, 5.74) is 4.78.